The molecule has 2 rings (SSSR count). The second-order valence-electron chi connectivity index (χ2n) is 3.22. The summed E-state index contributed by atoms with van der Waals surface area (Å²) in [4.78, 5) is 10.8. The molecule has 2 heterocycles. The van der Waals surface area contributed by atoms with Crippen molar-refractivity contribution in [2.75, 3.05) is 18.0 Å². The zero-order chi connectivity index (χ0) is 9.10. The van der Waals surface area contributed by atoms with Crippen LogP contribution < -0.4 is 4.90 Å². The molecule has 1 aromatic rings. The summed E-state index contributed by atoms with van der Waals surface area (Å²) in [6.07, 6.45) is 7.33. The fourth-order valence-electron chi connectivity index (χ4n) is 1.63. The maximum absolute atomic E-state index is 4.32. The number of hydrogen-bond donors (Lipinski definition) is 0. The van der Waals surface area contributed by atoms with Crippen molar-refractivity contribution in [1.82, 2.24) is 9.97 Å². The molecule has 70 valence electrons. The zero-order valence-corrected chi connectivity index (χ0v) is 9.00. The van der Waals surface area contributed by atoms with Gasteiger partial charge in [-0.2, -0.15) is 0 Å². The molecule has 1 fully saturated rings. The van der Waals surface area contributed by atoms with Gasteiger partial charge in [0.1, 0.15) is 4.60 Å². The molecule has 0 radical (unpaired) electrons. The summed E-state index contributed by atoms with van der Waals surface area (Å²) >= 11 is 3.42. The van der Waals surface area contributed by atoms with E-state index in [2.05, 4.69) is 30.8 Å². The normalized spacial score (nSPS) is 17.5. The van der Waals surface area contributed by atoms with E-state index in [0.717, 1.165) is 23.5 Å². The molecule has 4 heteroatoms. The molecule has 0 saturated carbocycles. The number of hydrogen-bond acceptors (Lipinski definition) is 3. The van der Waals surface area contributed by atoms with Crippen molar-refractivity contribution in [2.45, 2.75) is 19.3 Å². The van der Waals surface area contributed by atoms with Crippen LogP contribution in [0.5, 0.6) is 0 Å². The Balaban J connectivity index is 2.18. The van der Waals surface area contributed by atoms with Gasteiger partial charge in [-0.25, -0.2) is 9.97 Å². The first-order chi connectivity index (χ1) is 6.38. The molecular formula is C9H12BrN3. The molecule has 0 bridgehead atoms. The first-order valence-corrected chi connectivity index (χ1v) is 5.38. The molecule has 0 atom stereocenters. The highest BCUT2D eigenvalue weighted by molar-refractivity contribution is 9.10. The minimum absolute atomic E-state index is 0.858. The van der Waals surface area contributed by atoms with Crippen molar-refractivity contribution in [3.63, 3.8) is 0 Å². The number of anilines is 1. The highest BCUT2D eigenvalue weighted by Gasteiger charge is 2.14. The number of nitrogens with zero attached hydrogens (tertiary/aromatic N) is 3. The van der Waals surface area contributed by atoms with Gasteiger partial charge in [-0.1, -0.05) is 0 Å². The van der Waals surface area contributed by atoms with Crippen LogP contribution in [0.1, 0.15) is 19.3 Å². The number of piperidine rings is 1. The summed E-state index contributed by atoms with van der Waals surface area (Å²) in [5.41, 5.74) is 0. The summed E-state index contributed by atoms with van der Waals surface area (Å²) in [5, 5.41) is 0. The summed E-state index contributed by atoms with van der Waals surface area (Å²) < 4.78 is 0.858. The molecule has 1 aromatic heterocycles. The Bertz CT molecular complexity index is 284. The van der Waals surface area contributed by atoms with Crippen LogP contribution in [0.2, 0.25) is 0 Å². The minimum Gasteiger partial charge on any atom is -0.354 e. The van der Waals surface area contributed by atoms with Crippen LogP contribution >= 0.6 is 15.9 Å². The minimum atomic E-state index is 0.858. The van der Waals surface area contributed by atoms with Crippen molar-refractivity contribution < 1.29 is 0 Å². The maximum atomic E-state index is 4.32. The average Bonchev–Trinajstić information content (AvgIpc) is 2.20. The van der Waals surface area contributed by atoms with Crippen LogP contribution in [-0.2, 0) is 0 Å². The largest absolute Gasteiger partial charge is 0.354 e. The lowest BCUT2D eigenvalue weighted by molar-refractivity contribution is 0.572. The van der Waals surface area contributed by atoms with E-state index in [1.54, 1.807) is 12.4 Å². The van der Waals surface area contributed by atoms with E-state index < -0.39 is 0 Å². The van der Waals surface area contributed by atoms with Gasteiger partial charge in [0.25, 0.3) is 0 Å². The van der Waals surface area contributed by atoms with Crippen molar-refractivity contribution >= 4 is 21.7 Å². The van der Waals surface area contributed by atoms with Crippen LogP contribution in [0.3, 0.4) is 0 Å². The number of halogens is 1. The Hall–Kier alpha value is -0.640. The molecule has 0 N–H and O–H groups in total. The quantitative estimate of drug-likeness (QED) is 0.756. The van der Waals surface area contributed by atoms with E-state index in [1.165, 1.54) is 19.3 Å². The maximum Gasteiger partial charge on any atom is 0.161 e. The first-order valence-electron chi connectivity index (χ1n) is 4.59. The van der Waals surface area contributed by atoms with Crippen molar-refractivity contribution in [3.8, 4) is 0 Å². The molecular weight excluding hydrogens is 230 g/mol. The van der Waals surface area contributed by atoms with Crippen molar-refractivity contribution in [1.29, 1.82) is 0 Å². The number of aromatic nitrogens is 2. The fourth-order valence-corrected chi connectivity index (χ4v) is 2.10. The van der Waals surface area contributed by atoms with Gasteiger partial charge < -0.3 is 4.90 Å². The Morgan fingerprint density at radius 1 is 1.08 bits per heavy atom. The van der Waals surface area contributed by atoms with E-state index in [4.69, 9.17) is 0 Å². The van der Waals surface area contributed by atoms with Crippen LogP contribution in [0.4, 0.5) is 5.82 Å². The van der Waals surface area contributed by atoms with Crippen LogP contribution in [0.15, 0.2) is 17.0 Å². The topological polar surface area (TPSA) is 29.0 Å². The third kappa shape index (κ3) is 1.99. The van der Waals surface area contributed by atoms with Gasteiger partial charge in [0.15, 0.2) is 5.82 Å². The van der Waals surface area contributed by atoms with Crippen molar-refractivity contribution in [3.05, 3.63) is 17.0 Å². The van der Waals surface area contributed by atoms with E-state index >= 15 is 0 Å². The van der Waals surface area contributed by atoms with Crippen LogP contribution in [0, 0.1) is 0 Å². The van der Waals surface area contributed by atoms with Gasteiger partial charge in [0.2, 0.25) is 0 Å². The Morgan fingerprint density at radius 3 is 2.46 bits per heavy atom. The molecule has 1 aliphatic rings. The second-order valence-corrected chi connectivity index (χ2v) is 3.97. The van der Waals surface area contributed by atoms with E-state index in [0.29, 0.717) is 0 Å². The van der Waals surface area contributed by atoms with Gasteiger partial charge >= 0.3 is 0 Å². The SMILES string of the molecule is Brc1nccnc1N1CCCCC1. The number of rotatable bonds is 1. The van der Waals surface area contributed by atoms with Crippen LogP contribution in [0.25, 0.3) is 0 Å². The lowest BCUT2D eigenvalue weighted by Crippen LogP contribution is -2.30. The fraction of sp³-hybridized carbons (Fsp3) is 0.556. The summed E-state index contributed by atoms with van der Waals surface area (Å²) in [6.45, 7) is 2.22. The summed E-state index contributed by atoms with van der Waals surface area (Å²) in [6, 6.07) is 0. The average molecular weight is 242 g/mol. The zero-order valence-electron chi connectivity index (χ0n) is 7.41. The van der Waals surface area contributed by atoms with E-state index in [1.807, 2.05) is 0 Å². The molecule has 0 amide bonds. The highest BCUT2D eigenvalue weighted by Crippen LogP contribution is 2.23. The third-order valence-corrected chi connectivity index (χ3v) is 2.85. The lowest BCUT2D eigenvalue weighted by Gasteiger charge is -2.27. The molecule has 0 unspecified atom stereocenters. The molecule has 1 saturated heterocycles. The summed E-state index contributed by atoms with van der Waals surface area (Å²) in [7, 11) is 0. The molecule has 1 aliphatic heterocycles. The lowest BCUT2D eigenvalue weighted by atomic mass is 10.1. The molecule has 0 aromatic carbocycles. The third-order valence-electron chi connectivity index (χ3n) is 2.29. The molecule has 13 heavy (non-hydrogen) atoms. The molecule has 0 aliphatic carbocycles. The Labute approximate surface area is 86.3 Å². The predicted octanol–water partition coefficient (Wildman–Crippen LogP) is 2.23. The Kier molecular flexibility index (Phi) is 2.78. The first kappa shape index (κ1) is 8.94. The van der Waals surface area contributed by atoms with Crippen molar-refractivity contribution in [2.24, 2.45) is 0 Å². The highest BCUT2D eigenvalue weighted by atomic mass is 79.9. The van der Waals surface area contributed by atoms with Gasteiger partial charge in [0, 0.05) is 25.5 Å². The monoisotopic (exact) mass is 241 g/mol. The van der Waals surface area contributed by atoms with Gasteiger partial charge in [-0.3, -0.25) is 0 Å². The van der Waals surface area contributed by atoms with E-state index in [9.17, 15) is 0 Å². The second kappa shape index (κ2) is 4.05. The van der Waals surface area contributed by atoms with Gasteiger partial charge in [-0.15, -0.1) is 0 Å². The van der Waals surface area contributed by atoms with E-state index in [-0.39, 0.29) is 0 Å². The van der Waals surface area contributed by atoms with Crippen LogP contribution in [-0.4, -0.2) is 23.1 Å². The Morgan fingerprint density at radius 2 is 1.77 bits per heavy atom. The smallest absolute Gasteiger partial charge is 0.161 e. The van der Waals surface area contributed by atoms with Gasteiger partial charge in [-0.05, 0) is 35.2 Å². The predicted molar refractivity (Wildman–Crippen MR) is 55.8 cm³/mol. The van der Waals surface area contributed by atoms with Gasteiger partial charge in [0.05, 0.1) is 0 Å². The molecule has 0 spiro atoms. The molecule has 3 nitrogen and oxygen atoms in total. The standard InChI is InChI=1S/C9H12BrN3/c10-8-9(12-5-4-11-8)13-6-2-1-3-7-13/h4-5H,1-3,6-7H2. The summed E-state index contributed by atoms with van der Waals surface area (Å²) in [5.74, 6) is 0.988.